The zero-order valence-corrected chi connectivity index (χ0v) is 14.1. The molecule has 1 aliphatic rings. The van der Waals surface area contributed by atoms with Gasteiger partial charge in [-0.1, -0.05) is 6.92 Å². The van der Waals surface area contributed by atoms with Crippen molar-refractivity contribution >= 4 is 31.4 Å². The van der Waals surface area contributed by atoms with Gasteiger partial charge in [-0.2, -0.15) is 4.31 Å². The molecule has 1 aromatic heterocycles. The van der Waals surface area contributed by atoms with E-state index < -0.39 is 85.6 Å². The van der Waals surface area contributed by atoms with E-state index in [1.807, 2.05) is 0 Å². The van der Waals surface area contributed by atoms with Crippen LogP contribution in [-0.4, -0.2) is 54.3 Å². The maximum Gasteiger partial charge on any atom is 0.252 e. The molecule has 0 saturated carbocycles. The Morgan fingerprint density at radius 1 is 1.83 bits per heavy atom. The largest absolute Gasteiger partial charge is 0.385 e. The summed E-state index contributed by atoms with van der Waals surface area (Å²) in [5.74, 6) is 0. The van der Waals surface area contributed by atoms with Crippen LogP contribution in [0.15, 0.2) is 14.5 Å². The second-order valence-corrected chi connectivity index (χ2v) is 8.93. The zero-order chi connectivity index (χ0) is 27.8. The van der Waals surface area contributed by atoms with Crippen molar-refractivity contribution in [2.75, 3.05) is 33.1 Å². The number of sulfonamides is 2. The molecule has 0 amide bonds. The van der Waals surface area contributed by atoms with Crippen LogP contribution in [0.4, 0.5) is 0 Å². The molecule has 0 fully saturated rings. The Hall–Kier alpha value is -0.560. The first-order valence-electron chi connectivity index (χ1n) is 11.8. The molecule has 0 bridgehead atoms. The molecule has 0 unspecified atom stereocenters. The van der Waals surface area contributed by atoms with Crippen LogP contribution in [0.25, 0.3) is 0 Å². The predicted molar refractivity (Wildman–Crippen MR) is 87.4 cm³/mol. The Morgan fingerprint density at radius 3 is 3.17 bits per heavy atom. The Balaban J connectivity index is 2.85. The molecular formula is C12H21N3O5S3. The van der Waals surface area contributed by atoms with E-state index in [4.69, 9.17) is 21.6 Å². The Kier molecular flexibility index (Phi) is 2.55. The first-order chi connectivity index (χ1) is 15.2. The molecule has 132 valence electrons. The third-order valence-corrected chi connectivity index (χ3v) is 7.23. The fourth-order valence-corrected chi connectivity index (χ4v) is 5.46. The average molecular weight is 396 g/mol. The van der Waals surface area contributed by atoms with Gasteiger partial charge >= 0.3 is 0 Å². The molecule has 2 heterocycles. The highest BCUT2D eigenvalue weighted by Gasteiger charge is 2.39. The Labute approximate surface area is 157 Å². The zero-order valence-electron chi connectivity index (χ0n) is 23.7. The summed E-state index contributed by atoms with van der Waals surface area (Å²) in [7, 11) is -13.2. The van der Waals surface area contributed by atoms with Gasteiger partial charge in [-0.05, 0) is 19.0 Å². The van der Waals surface area contributed by atoms with Gasteiger partial charge < -0.3 is 10.0 Å². The summed E-state index contributed by atoms with van der Waals surface area (Å²) >= 11 is -0.110. The number of primary sulfonamides is 1. The fourth-order valence-electron chi connectivity index (χ4n) is 1.68. The molecule has 0 spiro atoms. The predicted octanol–water partition coefficient (Wildman–Crippen LogP) is 0.0869. The fraction of sp³-hybridized carbons (Fsp3) is 0.667. The average Bonchev–Trinajstić information content (AvgIpc) is 2.94. The summed E-state index contributed by atoms with van der Waals surface area (Å²) in [6.07, 6.45) is -1.09. The minimum absolute atomic E-state index is 0.110. The summed E-state index contributed by atoms with van der Waals surface area (Å²) in [5, 5.41) is 4.74. The normalized spacial score (nSPS) is 36.3. The summed E-state index contributed by atoms with van der Waals surface area (Å²) in [6.45, 7) is -9.92. The van der Waals surface area contributed by atoms with Crippen molar-refractivity contribution in [2.45, 2.75) is 27.8 Å². The number of hydrogen-bond acceptors (Lipinski definition) is 7. The van der Waals surface area contributed by atoms with Crippen molar-refractivity contribution in [1.29, 1.82) is 0 Å². The van der Waals surface area contributed by atoms with E-state index in [9.17, 15) is 16.8 Å². The van der Waals surface area contributed by atoms with Gasteiger partial charge in [0, 0.05) is 43.7 Å². The number of methoxy groups -OCH3 is 1. The second-order valence-electron chi connectivity index (χ2n) is 4.09. The minimum atomic E-state index is -5.15. The van der Waals surface area contributed by atoms with Gasteiger partial charge in [0.25, 0.3) is 10.0 Å². The van der Waals surface area contributed by atoms with Crippen molar-refractivity contribution in [1.82, 2.24) is 9.62 Å². The number of likely N-dealkylation sites (N-methyl/N-ethyl adjacent to an activating group) is 1. The van der Waals surface area contributed by atoms with Crippen LogP contribution in [-0.2, 0) is 24.8 Å². The number of nitrogens with zero attached hydrogens (tertiary/aromatic N) is 1. The molecule has 0 saturated heterocycles. The van der Waals surface area contributed by atoms with Gasteiger partial charge in [0.15, 0.2) is 0 Å². The lowest BCUT2D eigenvalue weighted by Gasteiger charge is -2.32. The van der Waals surface area contributed by atoms with Crippen LogP contribution in [0.2, 0.25) is 1.41 Å². The number of nitrogens with one attached hydrogen (secondary N) is 1. The van der Waals surface area contributed by atoms with Crippen molar-refractivity contribution < 1.29 is 38.1 Å². The van der Waals surface area contributed by atoms with Crippen LogP contribution < -0.4 is 10.4 Å². The third kappa shape index (κ3) is 3.92. The molecule has 2 rings (SSSR count). The van der Waals surface area contributed by atoms with E-state index in [1.54, 1.807) is 0 Å². The van der Waals surface area contributed by atoms with Gasteiger partial charge in [0.05, 0.1) is 9.60 Å². The van der Waals surface area contributed by atoms with Crippen LogP contribution in [0.3, 0.4) is 0 Å². The van der Waals surface area contributed by atoms with Crippen molar-refractivity contribution in [3.05, 3.63) is 11.6 Å². The van der Waals surface area contributed by atoms with Gasteiger partial charge in [-0.15, -0.1) is 11.3 Å². The lowest BCUT2D eigenvalue weighted by Crippen LogP contribution is -2.43. The lowest BCUT2D eigenvalue weighted by molar-refractivity contribution is 0.185. The molecule has 8 nitrogen and oxygen atoms in total. The van der Waals surface area contributed by atoms with Crippen LogP contribution in [0.1, 0.15) is 40.0 Å². The third-order valence-electron chi connectivity index (χ3n) is 2.58. The number of fused-ring (bicyclic) bond motifs is 1. The molecule has 3 N–H and O–H groups in total. The first-order valence-corrected chi connectivity index (χ1v) is 9.70. The van der Waals surface area contributed by atoms with E-state index in [-0.39, 0.29) is 21.0 Å². The number of nitrogens with two attached hydrogens (primary N) is 1. The van der Waals surface area contributed by atoms with E-state index >= 15 is 0 Å². The molecule has 1 aromatic rings. The molecular weight excluding hydrogens is 362 g/mol. The van der Waals surface area contributed by atoms with Gasteiger partial charge in [0.2, 0.25) is 10.0 Å². The highest BCUT2D eigenvalue weighted by Crippen LogP contribution is 2.39. The smallest absolute Gasteiger partial charge is 0.252 e. The first kappa shape index (κ1) is 8.21. The molecule has 23 heavy (non-hydrogen) atoms. The van der Waals surface area contributed by atoms with E-state index in [0.29, 0.717) is 0 Å². The van der Waals surface area contributed by atoms with Crippen LogP contribution >= 0.6 is 11.3 Å². The van der Waals surface area contributed by atoms with Crippen LogP contribution in [0.5, 0.6) is 0 Å². The van der Waals surface area contributed by atoms with Gasteiger partial charge in [-0.25, -0.2) is 22.0 Å². The minimum Gasteiger partial charge on any atom is -0.385 e. The van der Waals surface area contributed by atoms with Gasteiger partial charge in [0.1, 0.15) is 9.83 Å². The van der Waals surface area contributed by atoms with Crippen molar-refractivity contribution in [2.24, 2.45) is 5.14 Å². The summed E-state index contributed by atoms with van der Waals surface area (Å²) in [6, 6.07) is -4.61. The molecule has 1 atom stereocenters. The molecule has 0 radical (unpaired) electrons. The van der Waals surface area contributed by atoms with E-state index in [2.05, 4.69) is 4.74 Å². The van der Waals surface area contributed by atoms with Crippen molar-refractivity contribution in [3.63, 3.8) is 0 Å². The molecule has 0 aliphatic carbocycles. The SMILES string of the molecule is [2H]c1c(S(N)(=O)=O)sc2c1[C@@]([2H])(N([2H])C([2H])([2H])C)C([2H])([2H])N(CCC([2H])([2H])OC([2H])([2H])[2H])S2(=O)=O. The highest BCUT2D eigenvalue weighted by atomic mass is 32.3. The lowest BCUT2D eigenvalue weighted by atomic mass is 10.1. The summed E-state index contributed by atoms with van der Waals surface area (Å²) in [4.78, 5) is 0. The second kappa shape index (κ2) is 7.13. The number of hydrogen-bond donors (Lipinski definition) is 2. The maximum atomic E-state index is 13.3. The summed E-state index contributed by atoms with van der Waals surface area (Å²) < 4.78 is 146. The number of thiophene rings is 1. The Bertz CT molecular complexity index is 1210. The van der Waals surface area contributed by atoms with E-state index in [0.717, 1.165) is 6.92 Å². The number of ether oxygens (including phenoxy) is 1. The molecule has 0 aromatic carbocycles. The number of rotatable bonds is 7. The Morgan fingerprint density at radius 2 is 2.57 bits per heavy atom. The highest BCUT2D eigenvalue weighted by molar-refractivity contribution is 7.94. The van der Waals surface area contributed by atoms with Crippen LogP contribution in [0, 0.1) is 0 Å². The van der Waals surface area contributed by atoms with Gasteiger partial charge in [-0.3, -0.25) is 0 Å². The molecule has 11 heteroatoms. The topological polar surface area (TPSA) is 119 Å². The maximum absolute atomic E-state index is 13.3. The monoisotopic (exact) mass is 395 g/mol. The molecule has 1 aliphatic heterocycles. The standard InChI is InChI=1S/C12H21N3O5S3/c1-3-14-10-8-15(5-4-6-20-2)23(18,19)12-9(10)7-11(21-12)22(13,16)17/h7,10,14H,3-6,8H2,1-2H3,(H2,13,16,17)/t10-/m0/s1/i2D3,3D2,6D2,7D,8D2,10D/hD. The quantitative estimate of drug-likeness (QED) is 0.675. The van der Waals surface area contributed by atoms with E-state index in [1.165, 1.54) is 0 Å². The summed E-state index contributed by atoms with van der Waals surface area (Å²) in [5.41, 5.74) is -1.14. The van der Waals surface area contributed by atoms with Crippen molar-refractivity contribution in [3.8, 4) is 0 Å².